The highest BCUT2D eigenvalue weighted by atomic mass is 32.2. The van der Waals surface area contributed by atoms with E-state index in [-0.39, 0.29) is 12.1 Å². The van der Waals surface area contributed by atoms with Crippen molar-refractivity contribution in [1.29, 1.82) is 0 Å². The normalized spacial score (nSPS) is 19.9. The molecule has 1 aliphatic heterocycles. The molecule has 1 heterocycles. The molecule has 1 amide bonds. The zero-order chi connectivity index (χ0) is 15.4. The summed E-state index contributed by atoms with van der Waals surface area (Å²) in [5.74, 6) is 1.06. The summed E-state index contributed by atoms with van der Waals surface area (Å²) in [5.41, 5.74) is 2.21. The van der Waals surface area contributed by atoms with Crippen molar-refractivity contribution in [2.24, 2.45) is 0 Å². The largest absolute Gasteiger partial charge is 0.496 e. The second kappa shape index (κ2) is 7.18. The lowest BCUT2D eigenvalue weighted by Gasteiger charge is -2.26. The highest BCUT2D eigenvalue weighted by Crippen LogP contribution is 2.27. The van der Waals surface area contributed by atoms with E-state index >= 15 is 0 Å². The van der Waals surface area contributed by atoms with Crippen molar-refractivity contribution in [2.45, 2.75) is 31.7 Å². The van der Waals surface area contributed by atoms with Crippen LogP contribution in [0.25, 0.3) is 0 Å². The average molecular weight is 308 g/mol. The number of nitrogens with zero attached hydrogens (tertiary/aromatic N) is 1. The maximum Gasteiger partial charge on any atom is 0.238 e. The first-order chi connectivity index (χ1) is 10.1. The van der Waals surface area contributed by atoms with E-state index in [2.05, 4.69) is 24.6 Å². The molecule has 1 N–H and O–H groups in total. The van der Waals surface area contributed by atoms with Crippen molar-refractivity contribution in [3.8, 4) is 5.75 Å². The third-order valence-electron chi connectivity index (χ3n) is 3.99. The summed E-state index contributed by atoms with van der Waals surface area (Å²) in [4.78, 5) is 14.1. The molecular formula is C16H24N2O2S. The molecule has 0 saturated carbocycles. The fourth-order valence-corrected chi connectivity index (χ4v) is 2.94. The van der Waals surface area contributed by atoms with Gasteiger partial charge in [-0.25, -0.2) is 0 Å². The maximum absolute atomic E-state index is 12.1. The second-order valence-electron chi connectivity index (χ2n) is 5.43. The van der Waals surface area contributed by atoms with Gasteiger partial charge in [0.25, 0.3) is 0 Å². The number of ether oxygens (including phenoxy) is 1. The van der Waals surface area contributed by atoms with Gasteiger partial charge in [-0.3, -0.25) is 10.1 Å². The predicted octanol–water partition coefficient (Wildman–Crippen LogP) is 2.58. The number of methoxy groups -OCH3 is 1. The average Bonchev–Trinajstić information content (AvgIpc) is 2.85. The zero-order valence-electron chi connectivity index (χ0n) is 13.2. The predicted molar refractivity (Wildman–Crippen MR) is 87.8 cm³/mol. The van der Waals surface area contributed by atoms with Crippen LogP contribution in [0, 0.1) is 6.92 Å². The lowest BCUT2D eigenvalue weighted by molar-refractivity contribution is -0.128. The minimum atomic E-state index is -0.0174. The van der Waals surface area contributed by atoms with Gasteiger partial charge in [-0.15, -0.1) is 0 Å². The lowest BCUT2D eigenvalue weighted by Crippen LogP contribution is -2.32. The molecule has 5 heteroatoms. The number of hydrogen-bond acceptors (Lipinski definition) is 4. The Labute approximate surface area is 131 Å². The van der Waals surface area contributed by atoms with Gasteiger partial charge in [0.2, 0.25) is 5.91 Å². The molecule has 2 atom stereocenters. The Morgan fingerprint density at radius 3 is 2.90 bits per heavy atom. The number of carbonyl (C=O) groups excluding carboxylic acids is 1. The second-order valence-corrected chi connectivity index (χ2v) is 6.71. The van der Waals surface area contributed by atoms with Gasteiger partial charge in [-0.1, -0.05) is 13.0 Å². The Hall–Kier alpha value is -1.20. The molecule has 1 aliphatic rings. The van der Waals surface area contributed by atoms with Gasteiger partial charge in [0.15, 0.2) is 0 Å². The van der Waals surface area contributed by atoms with Gasteiger partial charge in [-0.05, 0) is 42.9 Å². The number of benzene rings is 1. The van der Waals surface area contributed by atoms with Crippen LogP contribution >= 0.6 is 11.8 Å². The van der Waals surface area contributed by atoms with E-state index in [0.717, 1.165) is 29.8 Å². The van der Waals surface area contributed by atoms with Crippen molar-refractivity contribution in [2.75, 3.05) is 26.5 Å². The van der Waals surface area contributed by atoms with Crippen LogP contribution in [0.2, 0.25) is 0 Å². The first kappa shape index (κ1) is 16.2. The fourth-order valence-electron chi connectivity index (χ4n) is 2.60. The summed E-state index contributed by atoms with van der Waals surface area (Å²) < 4.78 is 5.30. The molecule has 1 aromatic carbocycles. The minimum absolute atomic E-state index is 0.0174. The van der Waals surface area contributed by atoms with Gasteiger partial charge in [0.05, 0.1) is 13.7 Å². The highest BCUT2D eigenvalue weighted by molar-refractivity contribution is 7.99. The standard InChI is InChI=1S/C16H24N2O2S/c1-11-9-13(5-6-14(11)20-3)16-17-10-15(19)18(16)8-7-12(2)21-4/h5-6,9,12,16-17H,7-8,10H2,1-4H3. The van der Waals surface area contributed by atoms with E-state index in [9.17, 15) is 4.79 Å². The Morgan fingerprint density at radius 2 is 2.29 bits per heavy atom. The van der Waals surface area contributed by atoms with Crippen LogP contribution in [0.3, 0.4) is 0 Å². The molecule has 0 aromatic heterocycles. The summed E-state index contributed by atoms with van der Waals surface area (Å²) in [5, 5.41) is 3.87. The minimum Gasteiger partial charge on any atom is -0.496 e. The van der Waals surface area contributed by atoms with E-state index in [4.69, 9.17) is 4.74 Å². The number of amides is 1. The van der Waals surface area contributed by atoms with Gasteiger partial charge >= 0.3 is 0 Å². The number of rotatable bonds is 6. The SMILES string of the molecule is COc1ccc(C2NCC(=O)N2CCC(C)SC)cc1C. The fraction of sp³-hybridized carbons (Fsp3) is 0.562. The van der Waals surface area contributed by atoms with E-state index in [1.54, 1.807) is 7.11 Å². The lowest BCUT2D eigenvalue weighted by atomic mass is 10.1. The summed E-state index contributed by atoms with van der Waals surface area (Å²) in [6, 6.07) is 6.10. The molecule has 1 aromatic rings. The van der Waals surface area contributed by atoms with E-state index < -0.39 is 0 Å². The van der Waals surface area contributed by atoms with Gasteiger partial charge in [0, 0.05) is 11.8 Å². The summed E-state index contributed by atoms with van der Waals surface area (Å²) >= 11 is 1.84. The van der Waals surface area contributed by atoms with Crippen molar-refractivity contribution < 1.29 is 9.53 Å². The third kappa shape index (κ3) is 3.71. The Bertz CT molecular complexity index is 507. The molecule has 21 heavy (non-hydrogen) atoms. The molecule has 0 bridgehead atoms. The molecule has 4 nitrogen and oxygen atoms in total. The van der Waals surface area contributed by atoms with Crippen LogP contribution in [-0.4, -0.2) is 42.5 Å². The van der Waals surface area contributed by atoms with Crippen LogP contribution < -0.4 is 10.1 Å². The Morgan fingerprint density at radius 1 is 1.52 bits per heavy atom. The van der Waals surface area contributed by atoms with Crippen LogP contribution in [0.15, 0.2) is 18.2 Å². The zero-order valence-corrected chi connectivity index (χ0v) is 14.0. The molecule has 0 radical (unpaired) electrons. The molecule has 1 saturated heterocycles. The number of thioether (sulfide) groups is 1. The smallest absolute Gasteiger partial charge is 0.238 e. The van der Waals surface area contributed by atoms with E-state index in [0.29, 0.717) is 11.8 Å². The number of aryl methyl sites for hydroxylation is 1. The van der Waals surface area contributed by atoms with E-state index in [1.165, 1.54) is 0 Å². The molecule has 1 fully saturated rings. The van der Waals surface area contributed by atoms with Crippen molar-refractivity contribution in [1.82, 2.24) is 10.2 Å². The maximum atomic E-state index is 12.1. The van der Waals surface area contributed by atoms with Crippen LogP contribution in [0.1, 0.15) is 30.6 Å². The summed E-state index contributed by atoms with van der Waals surface area (Å²) in [7, 11) is 1.68. The number of carbonyl (C=O) groups is 1. The topological polar surface area (TPSA) is 41.6 Å². The Kier molecular flexibility index (Phi) is 5.53. The third-order valence-corrected chi connectivity index (χ3v) is 5.03. The van der Waals surface area contributed by atoms with Crippen LogP contribution in [0.5, 0.6) is 5.75 Å². The van der Waals surface area contributed by atoms with Crippen LogP contribution in [0.4, 0.5) is 0 Å². The highest BCUT2D eigenvalue weighted by Gasteiger charge is 2.31. The van der Waals surface area contributed by atoms with Gasteiger partial charge in [-0.2, -0.15) is 11.8 Å². The molecule has 116 valence electrons. The summed E-state index contributed by atoms with van der Waals surface area (Å²) in [6.45, 7) is 5.44. The molecule has 0 spiro atoms. The van der Waals surface area contributed by atoms with Crippen LogP contribution in [-0.2, 0) is 4.79 Å². The van der Waals surface area contributed by atoms with E-state index in [1.807, 2.05) is 35.7 Å². The van der Waals surface area contributed by atoms with Crippen molar-refractivity contribution in [3.63, 3.8) is 0 Å². The molecule has 0 aliphatic carbocycles. The molecule has 2 rings (SSSR count). The molecular weight excluding hydrogens is 284 g/mol. The Balaban J connectivity index is 2.13. The number of hydrogen-bond donors (Lipinski definition) is 1. The molecule has 2 unspecified atom stereocenters. The quantitative estimate of drug-likeness (QED) is 0.877. The summed E-state index contributed by atoms with van der Waals surface area (Å²) in [6.07, 6.45) is 3.11. The first-order valence-electron chi connectivity index (χ1n) is 7.27. The van der Waals surface area contributed by atoms with Crippen molar-refractivity contribution >= 4 is 17.7 Å². The van der Waals surface area contributed by atoms with Gasteiger partial charge in [0.1, 0.15) is 11.9 Å². The van der Waals surface area contributed by atoms with Gasteiger partial charge < -0.3 is 9.64 Å². The monoisotopic (exact) mass is 308 g/mol. The van der Waals surface area contributed by atoms with Crippen molar-refractivity contribution in [3.05, 3.63) is 29.3 Å². The number of nitrogens with one attached hydrogen (secondary N) is 1. The first-order valence-corrected chi connectivity index (χ1v) is 8.55.